The number of hydrogen-bond donors (Lipinski definition) is 0. The van der Waals surface area contributed by atoms with E-state index in [0.29, 0.717) is 6.42 Å². The molecular weight excluding hydrogens is 136 g/mol. The fourth-order valence-corrected chi connectivity index (χ4v) is 1.08. The van der Waals surface area contributed by atoms with Gasteiger partial charge in [0.25, 0.3) is 0 Å². The summed E-state index contributed by atoms with van der Waals surface area (Å²) < 4.78 is 0. The molecule has 0 aromatic carbocycles. The van der Waals surface area contributed by atoms with Gasteiger partial charge in [0.2, 0.25) is 0 Å². The van der Waals surface area contributed by atoms with Crippen LogP contribution in [0, 0.1) is 11.8 Å². The lowest BCUT2D eigenvalue weighted by molar-refractivity contribution is -0.114. The Balaban J connectivity index is 2.88. The van der Waals surface area contributed by atoms with Crippen LogP contribution in [0.4, 0.5) is 0 Å². The van der Waals surface area contributed by atoms with E-state index >= 15 is 0 Å². The third-order valence-electron chi connectivity index (χ3n) is 1.80. The highest BCUT2D eigenvalue weighted by molar-refractivity contribution is 5.99. The molecule has 0 fully saturated rings. The van der Waals surface area contributed by atoms with Crippen molar-refractivity contribution in [3.8, 4) is 11.8 Å². The van der Waals surface area contributed by atoms with Gasteiger partial charge in [0, 0.05) is 17.6 Å². The second-order valence-electron chi connectivity index (χ2n) is 2.50. The maximum atomic E-state index is 11.0. The summed E-state index contributed by atoms with van der Waals surface area (Å²) in [6, 6.07) is 0. The van der Waals surface area contributed by atoms with E-state index in [1.165, 1.54) is 0 Å². The third-order valence-corrected chi connectivity index (χ3v) is 1.80. The van der Waals surface area contributed by atoms with E-state index in [-0.39, 0.29) is 5.78 Å². The van der Waals surface area contributed by atoms with E-state index in [4.69, 9.17) is 0 Å². The molecule has 0 amide bonds. The number of allylic oxidation sites excluding steroid dienone is 3. The summed E-state index contributed by atoms with van der Waals surface area (Å²) in [4.78, 5) is 11.0. The largest absolute Gasteiger partial charge is 0.295 e. The summed E-state index contributed by atoms with van der Waals surface area (Å²) in [5, 5.41) is 0. The van der Waals surface area contributed by atoms with Gasteiger partial charge in [-0.05, 0) is 19.4 Å². The number of carbonyl (C=O) groups excluding carboxylic acids is 1. The molecule has 0 bridgehead atoms. The number of hydrogen-bond acceptors (Lipinski definition) is 1. The van der Waals surface area contributed by atoms with Gasteiger partial charge in [-0.1, -0.05) is 18.4 Å². The Labute approximate surface area is 66.8 Å². The lowest BCUT2D eigenvalue weighted by Crippen LogP contribution is -1.89. The molecule has 0 saturated carbocycles. The molecule has 0 aliphatic heterocycles. The van der Waals surface area contributed by atoms with Gasteiger partial charge in [0.15, 0.2) is 5.78 Å². The number of ketones is 1. The highest BCUT2D eigenvalue weighted by Crippen LogP contribution is 2.21. The summed E-state index contributed by atoms with van der Waals surface area (Å²) >= 11 is 0. The zero-order valence-corrected chi connectivity index (χ0v) is 6.61. The van der Waals surface area contributed by atoms with Crippen LogP contribution in [0.1, 0.15) is 19.8 Å². The first-order chi connectivity index (χ1) is 5.25. The quantitative estimate of drug-likeness (QED) is 0.477. The smallest absolute Gasteiger partial charge is 0.159 e. The number of carbonyl (C=O) groups is 1. The predicted octanol–water partition coefficient (Wildman–Crippen LogP) is 1.86. The van der Waals surface area contributed by atoms with Crippen LogP contribution in [0.5, 0.6) is 0 Å². The van der Waals surface area contributed by atoms with Crippen molar-refractivity contribution in [2.24, 2.45) is 0 Å². The zero-order chi connectivity index (χ0) is 8.27. The molecule has 1 nitrogen and oxygen atoms in total. The van der Waals surface area contributed by atoms with Crippen molar-refractivity contribution in [1.82, 2.24) is 0 Å². The van der Waals surface area contributed by atoms with Crippen molar-refractivity contribution in [1.29, 1.82) is 0 Å². The molecule has 11 heavy (non-hydrogen) atoms. The number of rotatable bonds is 0. The lowest BCUT2D eigenvalue weighted by Gasteiger charge is -1.87. The molecule has 0 N–H and O–H groups in total. The molecular formula is C10H10O. The van der Waals surface area contributed by atoms with Gasteiger partial charge in [-0.3, -0.25) is 4.79 Å². The van der Waals surface area contributed by atoms with E-state index < -0.39 is 0 Å². The molecule has 0 aromatic heterocycles. The molecule has 0 atom stereocenters. The minimum absolute atomic E-state index is 0.235. The molecule has 0 radical (unpaired) electrons. The summed E-state index contributed by atoms with van der Waals surface area (Å²) in [6.45, 7) is 5.32. The molecule has 1 rings (SSSR count). The van der Waals surface area contributed by atoms with Crippen LogP contribution < -0.4 is 0 Å². The zero-order valence-electron chi connectivity index (χ0n) is 6.61. The molecule has 0 aromatic rings. The highest BCUT2D eigenvalue weighted by atomic mass is 16.1. The molecule has 1 aliphatic rings. The van der Waals surface area contributed by atoms with E-state index in [0.717, 1.165) is 17.6 Å². The summed E-state index contributed by atoms with van der Waals surface area (Å²) in [5.74, 6) is 5.88. The van der Waals surface area contributed by atoms with Gasteiger partial charge in [-0.15, -0.1) is 0 Å². The van der Waals surface area contributed by atoms with Gasteiger partial charge in [0.1, 0.15) is 0 Å². The summed E-state index contributed by atoms with van der Waals surface area (Å²) in [6.07, 6.45) is 2.99. The lowest BCUT2D eigenvalue weighted by atomic mass is 10.2. The van der Waals surface area contributed by atoms with E-state index in [1.54, 1.807) is 6.08 Å². The predicted molar refractivity (Wildman–Crippen MR) is 44.9 cm³/mol. The first-order valence-electron chi connectivity index (χ1n) is 3.61. The average molecular weight is 146 g/mol. The Bertz CT molecular complexity index is 284. The monoisotopic (exact) mass is 146 g/mol. The second kappa shape index (κ2) is 3.21. The van der Waals surface area contributed by atoms with Crippen molar-refractivity contribution in [3.63, 3.8) is 0 Å². The topological polar surface area (TPSA) is 17.1 Å². The molecule has 1 heteroatoms. The molecule has 56 valence electrons. The van der Waals surface area contributed by atoms with Crippen LogP contribution in [-0.2, 0) is 4.79 Å². The fraction of sp³-hybridized carbons (Fsp3) is 0.300. The van der Waals surface area contributed by atoms with Crippen molar-refractivity contribution in [2.75, 3.05) is 0 Å². The van der Waals surface area contributed by atoms with Gasteiger partial charge in [0.05, 0.1) is 0 Å². The standard InChI is InChI=1S/C10H10O/c1-3-4-5-9-6-7-10(11)8(9)2/h3H,1,6-7H2,2H3. The van der Waals surface area contributed by atoms with Crippen molar-refractivity contribution in [2.45, 2.75) is 19.8 Å². The average Bonchev–Trinajstić information content (AvgIpc) is 2.31. The van der Waals surface area contributed by atoms with Crippen molar-refractivity contribution in [3.05, 3.63) is 23.8 Å². The van der Waals surface area contributed by atoms with Gasteiger partial charge in [-0.25, -0.2) is 0 Å². The highest BCUT2D eigenvalue weighted by Gasteiger charge is 2.16. The molecule has 0 spiro atoms. The van der Waals surface area contributed by atoms with Crippen LogP contribution in [0.15, 0.2) is 23.8 Å². The van der Waals surface area contributed by atoms with Gasteiger partial charge in [-0.2, -0.15) is 0 Å². The van der Waals surface area contributed by atoms with Crippen LogP contribution >= 0.6 is 0 Å². The fourth-order valence-electron chi connectivity index (χ4n) is 1.08. The van der Waals surface area contributed by atoms with Crippen LogP contribution in [0.3, 0.4) is 0 Å². The maximum absolute atomic E-state index is 11.0. The normalized spacial score (nSPS) is 16.3. The van der Waals surface area contributed by atoms with Gasteiger partial charge < -0.3 is 0 Å². The summed E-state index contributed by atoms with van der Waals surface area (Å²) in [7, 11) is 0. The Morgan fingerprint density at radius 3 is 2.73 bits per heavy atom. The van der Waals surface area contributed by atoms with Gasteiger partial charge >= 0.3 is 0 Å². The first kappa shape index (κ1) is 7.81. The van der Waals surface area contributed by atoms with Crippen LogP contribution in [0.25, 0.3) is 0 Å². The summed E-state index contributed by atoms with van der Waals surface area (Å²) in [5.41, 5.74) is 1.81. The molecule has 0 heterocycles. The van der Waals surface area contributed by atoms with Crippen LogP contribution in [-0.4, -0.2) is 5.78 Å². The SMILES string of the molecule is C=CC#CC1=C(C)C(=O)CC1. The third kappa shape index (κ3) is 1.59. The first-order valence-corrected chi connectivity index (χ1v) is 3.61. The molecule has 0 unspecified atom stereocenters. The molecule has 1 aliphatic carbocycles. The Hall–Kier alpha value is -1.29. The van der Waals surface area contributed by atoms with E-state index in [2.05, 4.69) is 18.4 Å². The maximum Gasteiger partial charge on any atom is 0.159 e. The van der Waals surface area contributed by atoms with Crippen molar-refractivity contribution >= 4 is 5.78 Å². The molecule has 0 saturated heterocycles. The number of Topliss-reactive ketones (excluding diaryl/α,β-unsaturated/α-hetero) is 1. The van der Waals surface area contributed by atoms with Crippen LogP contribution in [0.2, 0.25) is 0 Å². The minimum atomic E-state index is 0.235. The Morgan fingerprint density at radius 2 is 2.27 bits per heavy atom. The van der Waals surface area contributed by atoms with Crippen molar-refractivity contribution < 1.29 is 4.79 Å². The Morgan fingerprint density at radius 1 is 1.55 bits per heavy atom. The minimum Gasteiger partial charge on any atom is -0.295 e. The van der Waals surface area contributed by atoms with E-state index in [1.807, 2.05) is 6.92 Å². The Kier molecular flexibility index (Phi) is 2.28. The van der Waals surface area contributed by atoms with E-state index in [9.17, 15) is 4.79 Å². The second-order valence-corrected chi connectivity index (χ2v) is 2.50.